The lowest BCUT2D eigenvalue weighted by molar-refractivity contribution is 0.390. The lowest BCUT2D eigenvalue weighted by Crippen LogP contribution is -1.95. The van der Waals surface area contributed by atoms with Gasteiger partial charge < -0.3 is 15.2 Å². The van der Waals surface area contributed by atoms with Gasteiger partial charge in [-0.1, -0.05) is 6.07 Å². The highest BCUT2D eigenvalue weighted by atomic mass is 19.1. The van der Waals surface area contributed by atoms with Gasteiger partial charge in [-0.2, -0.15) is 0 Å². The standard InChI is InChI=1S/C12H11FN2O2/c1-16-11-7-8(5-6-15-11)17-12-9(13)3-2-4-10(12)14/h2-7H,14H2,1H3. The number of nitrogen functional groups attached to an aromatic ring is 1. The van der Waals surface area contributed by atoms with Crippen LogP contribution in [0.15, 0.2) is 36.5 Å². The Morgan fingerprint density at radius 2 is 2.12 bits per heavy atom. The Kier molecular flexibility index (Phi) is 3.09. The number of para-hydroxylation sites is 1. The van der Waals surface area contributed by atoms with Crippen LogP contribution in [-0.2, 0) is 0 Å². The molecule has 0 aliphatic rings. The second kappa shape index (κ2) is 4.69. The quantitative estimate of drug-likeness (QED) is 0.829. The zero-order valence-corrected chi connectivity index (χ0v) is 9.18. The topological polar surface area (TPSA) is 57.4 Å². The molecule has 4 nitrogen and oxygen atoms in total. The van der Waals surface area contributed by atoms with E-state index in [4.69, 9.17) is 15.2 Å². The van der Waals surface area contributed by atoms with Crippen LogP contribution in [0.4, 0.5) is 10.1 Å². The summed E-state index contributed by atoms with van der Waals surface area (Å²) in [6.07, 6.45) is 1.51. The molecule has 0 amide bonds. The predicted molar refractivity (Wildman–Crippen MR) is 61.7 cm³/mol. The number of halogens is 1. The zero-order chi connectivity index (χ0) is 12.3. The van der Waals surface area contributed by atoms with Crippen LogP contribution in [0.5, 0.6) is 17.4 Å². The van der Waals surface area contributed by atoms with E-state index in [0.717, 1.165) is 0 Å². The Bertz CT molecular complexity index is 511. The Balaban J connectivity index is 2.31. The molecular weight excluding hydrogens is 223 g/mol. The molecule has 0 fully saturated rings. The molecule has 0 saturated heterocycles. The lowest BCUT2D eigenvalue weighted by atomic mass is 10.3. The molecule has 1 aromatic heterocycles. The molecular formula is C12H11FN2O2. The summed E-state index contributed by atoms with van der Waals surface area (Å²) in [5.74, 6) is 0.285. The summed E-state index contributed by atoms with van der Waals surface area (Å²) in [4.78, 5) is 3.92. The molecule has 0 bridgehead atoms. The summed E-state index contributed by atoms with van der Waals surface area (Å²) in [7, 11) is 1.49. The third-order valence-corrected chi connectivity index (χ3v) is 2.13. The molecule has 0 atom stereocenters. The van der Waals surface area contributed by atoms with E-state index >= 15 is 0 Å². The smallest absolute Gasteiger partial charge is 0.216 e. The minimum atomic E-state index is -0.513. The van der Waals surface area contributed by atoms with E-state index in [9.17, 15) is 4.39 Å². The van der Waals surface area contributed by atoms with Crippen LogP contribution < -0.4 is 15.2 Å². The molecule has 0 aliphatic heterocycles. The number of nitrogens with zero attached hydrogens (tertiary/aromatic N) is 1. The van der Waals surface area contributed by atoms with Gasteiger partial charge in [0.2, 0.25) is 5.88 Å². The number of hydrogen-bond donors (Lipinski definition) is 1. The molecule has 0 spiro atoms. The number of ether oxygens (including phenoxy) is 2. The molecule has 1 heterocycles. The molecule has 0 radical (unpaired) electrons. The third kappa shape index (κ3) is 2.44. The Hall–Kier alpha value is -2.30. The van der Waals surface area contributed by atoms with Gasteiger partial charge >= 0.3 is 0 Å². The van der Waals surface area contributed by atoms with Gasteiger partial charge in [0.15, 0.2) is 11.6 Å². The number of benzene rings is 1. The fraction of sp³-hybridized carbons (Fsp3) is 0.0833. The number of hydrogen-bond acceptors (Lipinski definition) is 4. The van der Waals surface area contributed by atoms with Crippen LogP contribution in [0, 0.1) is 5.82 Å². The highest BCUT2D eigenvalue weighted by Crippen LogP contribution is 2.30. The van der Waals surface area contributed by atoms with Gasteiger partial charge in [0.05, 0.1) is 12.8 Å². The second-order valence-electron chi connectivity index (χ2n) is 3.29. The van der Waals surface area contributed by atoms with Crippen LogP contribution in [0.3, 0.4) is 0 Å². The van der Waals surface area contributed by atoms with Crippen molar-refractivity contribution in [1.82, 2.24) is 4.98 Å². The van der Waals surface area contributed by atoms with Crippen molar-refractivity contribution < 1.29 is 13.9 Å². The Labute approximate surface area is 97.8 Å². The van der Waals surface area contributed by atoms with Gasteiger partial charge in [-0.15, -0.1) is 0 Å². The minimum Gasteiger partial charge on any atom is -0.481 e. The maximum absolute atomic E-state index is 13.5. The summed E-state index contributed by atoms with van der Waals surface area (Å²) in [6.45, 7) is 0. The first kappa shape index (κ1) is 11.2. The number of aromatic nitrogens is 1. The molecule has 88 valence electrons. The molecule has 2 N–H and O–H groups in total. The third-order valence-electron chi connectivity index (χ3n) is 2.13. The average Bonchev–Trinajstić information content (AvgIpc) is 2.34. The fourth-order valence-electron chi connectivity index (χ4n) is 1.32. The first-order valence-electron chi connectivity index (χ1n) is 4.92. The molecule has 5 heteroatoms. The maximum atomic E-state index is 13.5. The van der Waals surface area contributed by atoms with E-state index in [0.29, 0.717) is 11.6 Å². The van der Waals surface area contributed by atoms with Crippen molar-refractivity contribution in [2.24, 2.45) is 0 Å². The largest absolute Gasteiger partial charge is 0.481 e. The summed E-state index contributed by atoms with van der Waals surface area (Å²) in [5, 5.41) is 0. The first-order valence-corrected chi connectivity index (χ1v) is 4.92. The lowest BCUT2D eigenvalue weighted by Gasteiger charge is -2.09. The molecule has 0 saturated carbocycles. The molecule has 0 aliphatic carbocycles. The van der Waals surface area contributed by atoms with E-state index in [-0.39, 0.29) is 11.4 Å². The van der Waals surface area contributed by atoms with E-state index in [1.165, 1.54) is 25.4 Å². The van der Waals surface area contributed by atoms with Gasteiger partial charge in [0.25, 0.3) is 0 Å². The number of nitrogens with two attached hydrogens (primary N) is 1. The monoisotopic (exact) mass is 234 g/mol. The van der Waals surface area contributed by atoms with Crippen LogP contribution in [-0.4, -0.2) is 12.1 Å². The van der Waals surface area contributed by atoms with Crippen LogP contribution in [0.1, 0.15) is 0 Å². The molecule has 1 aromatic carbocycles. The summed E-state index contributed by atoms with van der Waals surface area (Å²) < 4.78 is 23.8. The van der Waals surface area contributed by atoms with E-state index < -0.39 is 5.82 Å². The Morgan fingerprint density at radius 1 is 1.29 bits per heavy atom. The highest BCUT2D eigenvalue weighted by Gasteiger charge is 2.09. The summed E-state index contributed by atoms with van der Waals surface area (Å²) >= 11 is 0. The molecule has 2 aromatic rings. The van der Waals surface area contributed by atoms with Crippen molar-refractivity contribution in [2.45, 2.75) is 0 Å². The van der Waals surface area contributed by atoms with Gasteiger partial charge in [-0.05, 0) is 18.2 Å². The fourth-order valence-corrected chi connectivity index (χ4v) is 1.32. The molecule has 2 rings (SSSR count). The number of rotatable bonds is 3. The molecule has 0 unspecified atom stereocenters. The van der Waals surface area contributed by atoms with Crippen molar-refractivity contribution in [1.29, 1.82) is 0 Å². The maximum Gasteiger partial charge on any atom is 0.216 e. The zero-order valence-electron chi connectivity index (χ0n) is 9.18. The average molecular weight is 234 g/mol. The first-order chi connectivity index (χ1) is 8.20. The van der Waals surface area contributed by atoms with Gasteiger partial charge in [-0.25, -0.2) is 9.37 Å². The van der Waals surface area contributed by atoms with Crippen molar-refractivity contribution in [3.05, 3.63) is 42.3 Å². The van der Waals surface area contributed by atoms with E-state index in [1.54, 1.807) is 18.2 Å². The second-order valence-corrected chi connectivity index (χ2v) is 3.29. The van der Waals surface area contributed by atoms with Crippen molar-refractivity contribution >= 4 is 5.69 Å². The van der Waals surface area contributed by atoms with Gasteiger partial charge in [0.1, 0.15) is 5.75 Å². The number of anilines is 1. The van der Waals surface area contributed by atoms with Crippen LogP contribution in [0.25, 0.3) is 0 Å². The Morgan fingerprint density at radius 3 is 2.82 bits per heavy atom. The van der Waals surface area contributed by atoms with Crippen molar-refractivity contribution in [3.63, 3.8) is 0 Å². The van der Waals surface area contributed by atoms with Crippen LogP contribution >= 0.6 is 0 Å². The van der Waals surface area contributed by atoms with E-state index in [1.807, 2.05) is 0 Å². The number of methoxy groups -OCH3 is 1. The SMILES string of the molecule is COc1cc(Oc2c(N)cccc2F)ccn1. The predicted octanol–water partition coefficient (Wildman–Crippen LogP) is 2.60. The normalized spacial score (nSPS) is 10.0. The van der Waals surface area contributed by atoms with Crippen molar-refractivity contribution in [2.75, 3.05) is 12.8 Å². The molecule has 17 heavy (non-hydrogen) atoms. The summed E-state index contributed by atoms with van der Waals surface area (Å²) in [5.41, 5.74) is 5.86. The van der Waals surface area contributed by atoms with Gasteiger partial charge in [-0.3, -0.25) is 0 Å². The number of pyridine rings is 1. The van der Waals surface area contributed by atoms with Crippen LogP contribution in [0.2, 0.25) is 0 Å². The minimum absolute atomic E-state index is 0.000697. The van der Waals surface area contributed by atoms with Gasteiger partial charge in [0, 0.05) is 12.3 Å². The van der Waals surface area contributed by atoms with E-state index in [2.05, 4.69) is 4.98 Å². The highest BCUT2D eigenvalue weighted by molar-refractivity contribution is 5.54. The summed E-state index contributed by atoms with van der Waals surface area (Å²) in [6, 6.07) is 7.51. The van der Waals surface area contributed by atoms with Crippen molar-refractivity contribution in [3.8, 4) is 17.4 Å².